The molecule has 0 aromatic rings. The van der Waals surface area contributed by atoms with Gasteiger partial charge >= 0.3 is 11.9 Å². The summed E-state index contributed by atoms with van der Waals surface area (Å²) in [6.07, 6.45) is 2.96. The first-order valence-electron chi connectivity index (χ1n) is 15.6. The van der Waals surface area contributed by atoms with Crippen LogP contribution >= 0.6 is 0 Å². The highest BCUT2D eigenvalue weighted by Crippen LogP contribution is 2.42. The Morgan fingerprint density at radius 1 is 0.738 bits per heavy atom. The zero-order chi connectivity index (χ0) is 32.3. The van der Waals surface area contributed by atoms with Crippen molar-refractivity contribution in [2.24, 2.45) is 47.2 Å². The highest BCUT2D eigenvalue weighted by molar-refractivity contribution is 5.75. The molecule has 0 aliphatic heterocycles. The highest BCUT2D eigenvalue weighted by atomic mass is 16.5. The van der Waals surface area contributed by atoms with Crippen molar-refractivity contribution in [3.8, 4) is 0 Å². The number of hydrogen-bond donors (Lipinski definition) is 5. The van der Waals surface area contributed by atoms with Crippen LogP contribution in [0.15, 0.2) is 0 Å². The fourth-order valence-corrected chi connectivity index (χ4v) is 7.35. The molecule has 0 heterocycles. The van der Waals surface area contributed by atoms with Crippen LogP contribution in [0.5, 0.6) is 0 Å². The minimum absolute atomic E-state index is 0.0900. The number of nitrogens with two attached hydrogens (primary N) is 1. The Morgan fingerprint density at radius 3 is 1.45 bits per heavy atom. The number of aliphatic hydroxyl groups excluding tert-OH is 2. The van der Waals surface area contributed by atoms with Gasteiger partial charge in [-0.05, 0) is 30.6 Å². The first-order valence-corrected chi connectivity index (χ1v) is 15.6. The molecule has 0 saturated heterocycles. The fourth-order valence-electron chi connectivity index (χ4n) is 7.35. The van der Waals surface area contributed by atoms with Gasteiger partial charge in [0.25, 0.3) is 0 Å². The largest absolute Gasteiger partial charge is 0.469 e. The van der Waals surface area contributed by atoms with Crippen LogP contribution in [0.2, 0.25) is 0 Å². The molecule has 2 amide bonds. The number of ether oxygens (including phenoxy) is 2. The molecule has 10 atom stereocenters. The molecule has 0 unspecified atom stereocenters. The number of hydrogen-bond acceptors (Lipinski definition) is 9. The molecule has 0 aromatic carbocycles. The van der Waals surface area contributed by atoms with Crippen molar-refractivity contribution in [2.45, 2.75) is 117 Å². The van der Waals surface area contributed by atoms with Crippen molar-refractivity contribution in [3.63, 3.8) is 0 Å². The van der Waals surface area contributed by atoms with E-state index < -0.39 is 30.0 Å². The summed E-state index contributed by atoms with van der Waals surface area (Å²) in [5.74, 6) is -1.88. The SMILES string of the molecule is CCC(CC)[C@H](NC(C)=O)[C@@H]1[C@H](O)[C@@H](C(=O)OC)C[C@H]1C.CCC(CC)[C@H](NC(C)=O)[C@@H]1[C@H](O)[C@@H](C(=O)OC)C[C@H]1N. The van der Waals surface area contributed by atoms with E-state index in [1.165, 1.54) is 28.1 Å². The fraction of sp³-hybridized carbons (Fsp3) is 0.871. The maximum atomic E-state index is 11.8. The summed E-state index contributed by atoms with van der Waals surface area (Å²) in [5.41, 5.74) is 6.16. The molecule has 0 radical (unpaired) electrons. The zero-order valence-electron chi connectivity index (χ0n) is 27.1. The Morgan fingerprint density at radius 2 is 1.10 bits per heavy atom. The molecule has 2 fully saturated rings. The molecule has 0 bridgehead atoms. The van der Waals surface area contributed by atoms with Gasteiger partial charge in [0.1, 0.15) is 0 Å². The number of esters is 2. The van der Waals surface area contributed by atoms with E-state index >= 15 is 0 Å². The quantitative estimate of drug-likeness (QED) is 0.210. The lowest BCUT2D eigenvalue weighted by Gasteiger charge is -2.35. The summed E-state index contributed by atoms with van der Waals surface area (Å²) in [5, 5.41) is 27.0. The van der Waals surface area contributed by atoms with Crippen molar-refractivity contribution < 1.29 is 38.9 Å². The van der Waals surface area contributed by atoms with Crippen molar-refractivity contribution >= 4 is 23.8 Å². The Kier molecular flexibility index (Phi) is 16.0. The third-order valence-corrected chi connectivity index (χ3v) is 9.61. The lowest BCUT2D eigenvalue weighted by molar-refractivity contribution is -0.150. The van der Waals surface area contributed by atoms with E-state index in [-0.39, 0.29) is 59.6 Å². The molecule has 0 aromatic heterocycles. The molecule has 2 rings (SSSR count). The Labute approximate surface area is 252 Å². The Hall–Kier alpha value is -2.24. The van der Waals surface area contributed by atoms with Gasteiger partial charge in [0.15, 0.2) is 0 Å². The van der Waals surface area contributed by atoms with Crippen LogP contribution in [0, 0.1) is 41.4 Å². The lowest BCUT2D eigenvalue weighted by atomic mass is 9.79. The van der Waals surface area contributed by atoms with Gasteiger partial charge in [0, 0.05) is 43.8 Å². The van der Waals surface area contributed by atoms with Crippen molar-refractivity contribution in [1.82, 2.24) is 10.6 Å². The second-order valence-electron chi connectivity index (χ2n) is 12.1. The number of methoxy groups -OCH3 is 2. The van der Waals surface area contributed by atoms with Crippen LogP contribution in [0.4, 0.5) is 0 Å². The second kappa shape index (κ2) is 17.8. The van der Waals surface area contributed by atoms with Gasteiger partial charge in [-0.1, -0.05) is 60.3 Å². The molecule has 244 valence electrons. The summed E-state index contributed by atoms with van der Waals surface area (Å²) in [6, 6.07) is -0.657. The van der Waals surface area contributed by atoms with Gasteiger partial charge < -0.3 is 36.1 Å². The van der Waals surface area contributed by atoms with E-state index in [1.54, 1.807) is 0 Å². The van der Waals surface area contributed by atoms with E-state index in [2.05, 4.69) is 24.5 Å². The van der Waals surface area contributed by atoms with Crippen molar-refractivity contribution in [1.29, 1.82) is 0 Å². The Bertz CT molecular complexity index is 808. The number of carbonyl (C=O) groups is 4. The van der Waals surface area contributed by atoms with Crippen molar-refractivity contribution in [2.75, 3.05) is 14.2 Å². The van der Waals surface area contributed by atoms with Crippen LogP contribution in [0.25, 0.3) is 0 Å². The molecule has 2 aliphatic carbocycles. The monoisotopic (exact) mass is 599 g/mol. The summed E-state index contributed by atoms with van der Waals surface area (Å²) in [4.78, 5) is 46.6. The molecule has 6 N–H and O–H groups in total. The predicted molar refractivity (Wildman–Crippen MR) is 160 cm³/mol. The predicted octanol–water partition coefficient (Wildman–Crippen LogP) is 2.16. The van der Waals surface area contributed by atoms with Crippen LogP contribution in [-0.2, 0) is 28.7 Å². The third kappa shape index (κ3) is 9.38. The molecule has 0 spiro atoms. The van der Waals surface area contributed by atoms with Crippen LogP contribution in [-0.4, -0.2) is 78.5 Å². The summed E-state index contributed by atoms with van der Waals surface area (Å²) < 4.78 is 9.52. The number of aliphatic hydroxyl groups is 2. The van der Waals surface area contributed by atoms with E-state index in [1.807, 2.05) is 20.8 Å². The molecule has 2 saturated carbocycles. The number of amides is 2. The summed E-state index contributed by atoms with van der Waals surface area (Å²) in [7, 11) is 2.65. The van der Waals surface area contributed by atoms with Crippen LogP contribution in [0.3, 0.4) is 0 Å². The van der Waals surface area contributed by atoms with E-state index in [0.717, 1.165) is 25.7 Å². The van der Waals surface area contributed by atoms with Gasteiger partial charge in [-0.3, -0.25) is 19.2 Å². The first kappa shape index (κ1) is 37.8. The summed E-state index contributed by atoms with van der Waals surface area (Å²) in [6.45, 7) is 13.3. The van der Waals surface area contributed by atoms with Gasteiger partial charge in [0.2, 0.25) is 11.8 Å². The molecule has 42 heavy (non-hydrogen) atoms. The number of rotatable bonds is 12. The molecule has 2 aliphatic rings. The highest BCUT2D eigenvalue weighted by Gasteiger charge is 2.50. The van der Waals surface area contributed by atoms with Gasteiger partial charge in [-0.2, -0.15) is 0 Å². The second-order valence-corrected chi connectivity index (χ2v) is 12.1. The average Bonchev–Trinajstić information content (AvgIpc) is 3.41. The van der Waals surface area contributed by atoms with Gasteiger partial charge in [-0.15, -0.1) is 0 Å². The maximum Gasteiger partial charge on any atom is 0.311 e. The van der Waals surface area contributed by atoms with Crippen LogP contribution < -0.4 is 16.4 Å². The van der Waals surface area contributed by atoms with E-state index in [0.29, 0.717) is 18.8 Å². The minimum Gasteiger partial charge on any atom is -0.469 e. The normalized spacial score (nSPS) is 30.2. The van der Waals surface area contributed by atoms with Crippen LogP contribution in [0.1, 0.15) is 87.0 Å². The molecule has 11 nitrogen and oxygen atoms in total. The molecular weight excluding hydrogens is 542 g/mol. The minimum atomic E-state index is -0.884. The number of nitrogens with one attached hydrogen (secondary N) is 2. The van der Waals surface area contributed by atoms with Gasteiger partial charge in [-0.25, -0.2) is 0 Å². The number of carbonyl (C=O) groups excluding carboxylic acids is 4. The van der Waals surface area contributed by atoms with E-state index in [9.17, 15) is 29.4 Å². The first-order chi connectivity index (χ1) is 19.7. The maximum absolute atomic E-state index is 11.8. The van der Waals surface area contributed by atoms with Crippen molar-refractivity contribution in [3.05, 3.63) is 0 Å². The third-order valence-electron chi connectivity index (χ3n) is 9.61. The molecule has 11 heteroatoms. The summed E-state index contributed by atoms with van der Waals surface area (Å²) >= 11 is 0. The average molecular weight is 600 g/mol. The smallest absolute Gasteiger partial charge is 0.311 e. The Balaban J connectivity index is 0.000000420. The lowest BCUT2D eigenvalue weighted by Crippen LogP contribution is -2.52. The standard InChI is InChI=1S/C16H29NO4.C15H28N2O4/c1-6-11(7-2)14(17-10(4)18)13-9(3)8-12(15(13)19)16(20)21-5;1-5-9(6-2)13(17-8(3)18)12-11(16)7-10(14(12)19)15(20)21-4/h9,11-15,19H,6-8H2,1-5H3,(H,17,18);9-14,19H,5-7,16H2,1-4H3,(H,17,18)/t9-,12+,13-,14+,15-;10-,11+,12+,13-,14+/m10/s1. The van der Waals surface area contributed by atoms with E-state index in [4.69, 9.17) is 15.2 Å². The van der Waals surface area contributed by atoms with Gasteiger partial charge in [0.05, 0.1) is 38.3 Å². The zero-order valence-corrected chi connectivity index (χ0v) is 27.1. The molecular formula is C31H57N3O8. The topological polar surface area (TPSA) is 177 Å².